The summed E-state index contributed by atoms with van der Waals surface area (Å²) in [5.74, 6) is 3.05. The van der Waals surface area contributed by atoms with Crippen molar-refractivity contribution in [2.24, 2.45) is 10.7 Å². The molecule has 1 aromatic heterocycles. The van der Waals surface area contributed by atoms with Crippen molar-refractivity contribution in [2.45, 2.75) is 6.42 Å². The van der Waals surface area contributed by atoms with Crippen molar-refractivity contribution >= 4 is 29.1 Å². The van der Waals surface area contributed by atoms with Crippen LogP contribution in [0, 0.1) is 0 Å². The molecule has 2 rings (SSSR count). The van der Waals surface area contributed by atoms with Gasteiger partial charge in [-0.1, -0.05) is 6.07 Å². The summed E-state index contributed by atoms with van der Waals surface area (Å²) in [6.07, 6.45) is 1.00. The standard InChI is InChI=1S/C11H17N3S2/c12-11(14-5-8-15-9-6-14)13-4-3-10-2-1-7-16-10/h1-2,7H,3-6,8-9H2,(H2,12,13). The van der Waals surface area contributed by atoms with Gasteiger partial charge in [0.2, 0.25) is 0 Å². The van der Waals surface area contributed by atoms with Crippen molar-refractivity contribution in [3.8, 4) is 0 Å². The van der Waals surface area contributed by atoms with Crippen LogP contribution in [0.15, 0.2) is 22.5 Å². The Morgan fingerprint density at radius 3 is 2.94 bits per heavy atom. The summed E-state index contributed by atoms with van der Waals surface area (Å²) in [6, 6.07) is 4.23. The summed E-state index contributed by atoms with van der Waals surface area (Å²) in [7, 11) is 0. The van der Waals surface area contributed by atoms with E-state index < -0.39 is 0 Å². The van der Waals surface area contributed by atoms with Gasteiger partial charge in [0, 0.05) is 42.4 Å². The number of aliphatic imine (C=N–C) groups is 1. The third kappa shape index (κ3) is 3.42. The molecule has 0 saturated carbocycles. The predicted molar refractivity (Wildman–Crippen MR) is 73.4 cm³/mol. The number of nitrogens with zero attached hydrogens (tertiary/aromatic N) is 2. The van der Waals surface area contributed by atoms with E-state index in [0.717, 1.165) is 32.0 Å². The van der Waals surface area contributed by atoms with Crippen LogP contribution in [0.5, 0.6) is 0 Å². The number of guanidine groups is 1. The Balaban J connectivity index is 1.77. The second kappa shape index (κ2) is 6.15. The quantitative estimate of drug-likeness (QED) is 0.659. The molecular formula is C11H17N3S2. The maximum absolute atomic E-state index is 5.96. The van der Waals surface area contributed by atoms with E-state index in [1.165, 1.54) is 16.4 Å². The Hall–Kier alpha value is -0.680. The fraction of sp³-hybridized carbons (Fsp3) is 0.545. The number of thioether (sulfide) groups is 1. The van der Waals surface area contributed by atoms with Crippen LogP contribution < -0.4 is 5.73 Å². The zero-order valence-corrected chi connectivity index (χ0v) is 10.9. The summed E-state index contributed by atoms with van der Waals surface area (Å²) >= 11 is 3.77. The van der Waals surface area contributed by atoms with Crippen molar-refractivity contribution < 1.29 is 0 Å². The van der Waals surface area contributed by atoms with Crippen LogP contribution >= 0.6 is 23.1 Å². The van der Waals surface area contributed by atoms with Gasteiger partial charge in [0.1, 0.15) is 0 Å². The lowest BCUT2D eigenvalue weighted by Gasteiger charge is -2.27. The largest absolute Gasteiger partial charge is 0.370 e. The van der Waals surface area contributed by atoms with E-state index in [4.69, 9.17) is 5.73 Å². The topological polar surface area (TPSA) is 41.6 Å². The monoisotopic (exact) mass is 255 g/mol. The summed E-state index contributed by atoms with van der Waals surface area (Å²) in [5, 5.41) is 2.10. The van der Waals surface area contributed by atoms with Gasteiger partial charge in [-0.3, -0.25) is 4.99 Å². The van der Waals surface area contributed by atoms with E-state index in [2.05, 4.69) is 27.4 Å². The van der Waals surface area contributed by atoms with Crippen molar-refractivity contribution in [1.29, 1.82) is 0 Å². The van der Waals surface area contributed by atoms with Crippen molar-refractivity contribution in [3.63, 3.8) is 0 Å². The number of rotatable bonds is 3. The Morgan fingerprint density at radius 1 is 1.44 bits per heavy atom. The minimum atomic E-state index is 0.719. The molecule has 5 heteroatoms. The molecule has 1 aromatic rings. The molecule has 0 aliphatic carbocycles. The smallest absolute Gasteiger partial charge is 0.191 e. The molecule has 0 unspecified atom stereocenters. The van der Waals surface area contributed by atoms with Gasteiger partial charge in [-0.2, -0.15) is 11.8 Å². The van der Waals surface area contributed by atoms with Gasteiger partial charge in [0.05, 0.1) is 0 Å². The Labute approximate surface area is 105 Å². The predicted octanol–water partition coefficient (Wildman–Crippen LogP) is 1.65. The number of hydrogen-bond donors (Lipinski definition) is 1. The van der Waals surface area contributed by atoms with Crippen LogP contribution in [0.4, 0.5) is 0 Å². The lowest BCUT2D eigenvalue weighted by molar-refractivity contribution is 0.456. The number of hydrogen-bond acceptors (Lipinski definition) is 3. The molecule has 1 aliphatic rings. The summed E-state index contributed by atoms with van der Waals surface area (Å²) < 4.78 is 0. The minimum absolute atomic E-state index is 0.719. The molecule has 2 N–H and O–H groups in total. The summed E-state index contributed by atoms with van der Waals surface area (Å²) in [5.41, 5.74) is 5.96. The number of thiophene rings is 1. The van der Waals surface area contributed by atoms with Gasteiger partial charge in [-0.25, -0.2) is 0 Å². The first-order valence-corrected chi connectivity index (χ1v) is 7.54. The molecule has 16 heavy (non-hydrogen) atoms. The molecule has 0 radical (unpaired) electrons. The molecular weight excluding hydrogens is 238 g/mol. The highest BCUT2D eigenvalue weighted by Gasteiger charge is 2.11. The van der Waals surface area contributed by atoms with Crippen LogP contribution in [0.2, 0.25) is 0 Å². The Bertz CT molecular complexity index is 329. The van der Waals surface area contributed by atoms with Crippen LogP contribution in [-0.2, 0) is 6.42 Å². The van der Waals surface area contributed by atoms with Crippen LogP contribution in [-0.4, -0.2) is 42.0 Å². The second-order valence-corrected chi connectivity index (χ2v) is 5.93. The third-order valence-corrected chi connectivity index (χ3v) is 4.43. The first-order valence-electron chi connectivity index (χ1n) is 5.51. The van der Waals surface area contributed by atoms with Crippen LogP contribution in [0.25, 0.3) is 0 Å². The summed E-state index contributed by atoms with van der Waals surface area (Å²) in [4.78, 5) is 8.01. The molecule has 0 amide bonds. The summed E-state index contributed by atoms with van der Waals surface area (Å²) in [6.45, 7) is 2.88. The lowest BCUT2D eigenvalue weighted by Crippen LogP contribution is -2.42. The molecule has 1 fully saturated rings. The first-order chi connectivity index (χ1) is 7.86. The zero-order valence-electron chi connectivity index (χ0n) is 9.26. The fourth-order valence-corrected chi connectivity index (χ4v) is 3.23. The zero-order chi connectivity index (χ0) is 11.2. The fourth-order valence-electron chi connectivity index (χ4n) is 1.63. The van der Waals surface area contributed by atoms with Crippen molar-refractivity contribution in [2.75, 3.05) is 31.1 Å². The average molecular weight is 255 g/mol. The highest BCUT2D eigenvalue weighted by molar-refractivity contribution is 7.99. The van der Waals surface area contributed by atoms with Crippen molar-refractivity contribution in [3.05, 3.63) is 22.4 Å². The van der Waals surface area contributed by atoms with E-state index in [0.29, 0.717) is 0 Å². The van der Waals surface area contributed by atoms with E-state index >= 15 is 0 Å². The van der Waals surface area contributed by atoms with E-state index in [9.17, 15) is 0 Å². The second-order valence-electron chi connectivity index (χ2n) is 3.67. The van der Waals surface area contributed by atoms with E-state index in [-0.39, 0.29) is 0 Å². The lowest BCUT2D eigenvalue weighted by atomic mass is 10.3. The van der Waals surface area contributed by atoms with Gasteiger partial charge < -0.3 is 10.6 Å². The highest BCUT2D eigenvalue weighted by Crippen LogP contribution is 2.10. The van der Waals surface area contributed by atoms with Gasteiger partial charge in [-0.05, 0) is 11.4 Å². The van der Waals surface area contributed by atoms with Crippen LogP contribution in [0.1, 0.15) is 4.88 Å². The van der Waals surface area contributed by atoms with E-state index in [1.807, 2.05) is 11.8 Å². The van der Waals surface area contributed by atoms with Crippen LogP contribution in [0.3, 0.4) is 0 Å². The molecule has 0 aromatic carbocycles. The molecule has 3 nitrogen and oxygen atoms in total. The normalized spacial score (nSPS) is 17.8. The van der Waals surface area contributed by atoms with Gasteiger partial charge in [0.25, 0.3) is 0 Å². The van der Waals surface area contributed by atoms with E-state index in [1.54, 1.807) is 11.3 Å². The molecule has 2 heterocycles. The number of nitrogens with two attached hydrogens (primary N) is 1. The van der Waals surface area contributed by atoms with Gasteiger partial charge in [0.15, 0.2) is 5.96 Å². The first kappa shape index (κ1) is 11.8. The maximum Gasteiger partial charge on any atom is 0.191 e. The van der Waals surface area contributed by atoms with Gasteiger partial charge >= 0.3 is 0 Å². The van der Waals surface area contributed by atoms with Gasteiger partial charge in [-0.15, -0.1) is 11.3 Å². The minimum Gasteiger partial charge on any atom is -0.370 e. The molecule has 1 aliphatic heterocycles. The molecule has 0 atom stereocenters. The Kier molecular flexibility index (Phi) is 4.54. The molecule has 0 bridgehead atoms. The SMILES string of the molecule is NC(=NCCc1cccs1)N1CCSCC1. The molecule has 1 saturated heterocycles. The Morgan fingerprint density at radius 2 is 2.25 bits per heavy atom. The third-order valence-electron chi connectivity index (χ3n) is 2.55. The average Bonchev–Trinajstić information content (AvgIpc) is 2.83. The molecule has 0 spiro atoms. The highest BCUT2D eigenvalue weighted by atomic mass is 32.2. The van der Waals surface area contributed by atoms with Crippen molar-refractivity contribution in [1.82, 2.24) is 4.90 Å². The molecule has 88 valence electrons. The maximum atomic E-state index is 5.96.